The summed E-state index contributed by atoms with van der Waals surface area (Å²) in [5.74, 6) is -0.452. The third kappa shape index (κ3) is 3.89. The standard InChI is InChI=1S/C15H12ClN3O3/c1-10-5-6-13(14(16)7-10)15(20)18-17-9-11-3-2-4-12(8-11)19(21)22/h2-9H,1H3,(H,18,20). The van der Waals surface area contributed by atoms with Crippen LogP contribution in [-0.4, -0.2) is 17.0 Å². The summed E-state index contributed by atoms with van der Waals surface area (Å²) in [6, 6.07) is 11.0. The Labute approximate surface area is 131 Å². The smallest absolute Gasteiger partial charge is 0.267 e. The second-order valence-electron chi connectivity index (χ2n) is 4.53. The molecule has 0 aliphatic rings. The van der Waals surface area contributed by atoms with Crippen molar-refractivity contribution >= 4 is 29.4 Å². The van der Waals surface area contributed by atoms with Crippen LogP contribution in [0.3, 0.4) is 0 Å². The molecule has 1 amide bonds. The molecule has 0 aliphatic carbocycles. The Balaban J connectivity index is 2.07. The Morgan fingerprint density at radius 3 is 2.77 bits per heavy atom. The number of hydrogen-bond donors (Lipinski definition) is 1. The normalized spacial score (nSPS) is 10.6. The average molecular weight is 318 g/mol. The van der Waals surface area contributed by atoms with Gasteiger partial charge in [0.1, 0.15) is 0 Å². The van der Waals surface area contributed by atoms with E-state index in [2.05, 4.69) is 10.5 Å². The van der Waals surface area contributed by atoms with E-state index in [1.165, 1.54) is 24.4 Å². The van der Waals surface area contributed by atoms with Crippen molar-refractivity contribution in [1.82, 2.24) is 5.43 Å². The molecule has 0 heterocycles. The van der Waals surface area contributed by atoms with E-state index < -0.39 is 10.8 Å². The number of nitrogens with one attached hydrogen (secondary N) is 1. The van der Waals surface area contributed by atoms with Gasteiger partial charge in [-0.05, 0) is 24.6 Å². The topological polar surface area (TPSA) is 84.6 Å². The minimum atomic E-state index is -0.498. The summed E-state index contributed by atoms with van der Waals surface area (Å²) >= 11 is 5.99. The third-order valence-electron chi connectivity index (χ3n) is 2.83. The predicted octanol–water partition coefficient (Wildman–Crippen LogP) is 3.32. The lowest BCUT2D eigenvalue weighted by molar-refractivity contribution is -0.384. The van der Waals surface area contributed by atoms with Crippen LogP contribution in [0.4, 0.5) is 5.69 Å². The number of non-ortho nitro benzene ring substituents is 1. The van der Waals surface area contributed by atoms with Crippen LogP contribution < -0.4 is 5.43 Å². The van der Waals surface area contributed by atoms with Crippen molar-refractivity contribution in [2.75, 3.05) is 0 Å². The number of nitro benzene ring substituents is 1. The van der Waals surface area contributed by atoms with Crippen molar-refractivity contribution in [1.29, 1.82) is 0 Å². The van der Waals surface area contributed by atoms with Crippen LogP contribution in [0.1, 0.15) is 21.5 Å². The molecule has 0 fully saturated rings. The first-order chi connectivity index (χ1) is 10.5. The predicted molar refractivity (Wildman–Crippen MR) is 84.3 cm³/mol. The van der Waals surface area contributed by atoms with Crippen molar-refractivity contribution in [3.05, 3.63) is 74.3 Å². The van der Waals surface area contributed by atoms with Gasteiger partial charge in [-0.25, -0.2) is 5.43 Å². The van der Waals surface area contributed by atoms with E-state index in [-0.39, 0.29) is 5.69 Å². The first-order valence-electron chi connectivity index (χ1n) is 6.31. The highest BCUT2D eigenvalue weighted by Crippen LogP contribution is 2.17. The molecule has 2 aromatic carbocycles. The van der Waals surface area contributed by atoms with Gasteiger partial charge >= 0.3 is 0 Å². The molecule has 0 saturated carbocycles. The molecule has 1 N–H and O–H groups in total. The molecule has 0 bridgehead atoms. The largest absolute Gasteiger partial charge is 0.272 e. The fraction of sp³-hybridized carbons (Fsp3) is 0.0667. The lowest BCUT2D eigenvalue weighted by atomic mass is 10.1. The number of aryl methyl sites for hydroxylation is 1. The summed E-state index contributed by atoms with van der Waals surface area (Å²) in [5, 5.41) is 14.8. The summed E-state index contributed by atoms with van der Waals surface area (Å²) in [6.07, 6.45) is 1.33. The van der Waals surface area contributed by atoms with Gasteiger partial charge in [0, 0.05) is 17.7 Å². The van der Waals surface area contributed by atoms with Crippen molar-refractivity contribution in [2.45, 2.75) is 6.92 Å². The Morgan fingerprint density at radius 2 is 2.09 bits per heavy atom. The summed E-state index contributed by atoms with van der Waals surface area (Å²) in [5.41, 5.74) is 4.05. The van der Waals surface area contributed by atoms with Gasteiger partial charge < -0.3 is 0 Å². The van der Waals surface area contributed by atoms with Gasteiger partial charge in [0.15, 0.2) is 0 Å². The zero-order chi connectivity index (χ0) is 16.1. The zero-order valence-corrected chi connectivity index (χ0v) is 12.4. The number of halogens is 1. The molecule has 112 valence electrons. The van der Waals surface area contributed by atoms with Crippen LogP contribution in [0.15, 0.2) is 47.6 Å². The van der Waals surface area contributed by atoms with Crippen molar-refractivity contribution < 1.29 is 9.72 Å². The highest BCUT2D eigenvalue weighted by Gasteiger charge is 2.09. The highest BCUT2D eigenvalue weighted by molar-refractivity contribution is 6.33. The lowest BCUT2D eigenvalue weighted by Gasteiger charge is -2.03. The number of rotatable bonds is 4. The fourth-order valence-electron chi connectivity index (χ4n) is 1.75. The van der Waals surface area contributed by atoms with Gasteiger partial charge in [0.05, 0.1) is 21.7 Å². The van der Waals surface area contributed by atoms with Crippen LogP contribution in [0.25, 0.3) is 0 Å². The molecule has 0 spiro atoms. The number of carbonyl (C=O) groups excluding carboxylic acids is 1. The molecule has 2 aromatic rings. The molecule has 0 unspecified atom stereocenters. The van der Waals surface area contributed by atoms with Crippen molar-refractivity contribution in [2.24, 2.45) is 5.10 Å². The van der Waals surface area contributed by atoms with E-state index >= 15 is 0 Å². The quantitative estimate of drug-likeness (QED) is 0.533. The number of amides is 1. The second-order valence-corrected chi connectivity index (χ2v) is 4.94. The van der Waals surface area contributed by atoms with E-state index in [1.807, 2.05) is 6.92 Å². The molecule has 0 atom stereocenters. The Hall–Kier alpha value is -2.73. The first kappa shape index (κ1) is 15.7. The van der Waals surface area contributed by atoms with Gasteiger partial charge in [-0.3, -0.25) is 14.9 Å². The lowest BCUT2D eigenvalue weighted by Crippen LogP contribution is -2.18. The number of hydrogen-bond acceptors (Lipinski definition) is 4. The van der Waals surface area contributed by atoms with E-state index in [1.54, 1.807) is 24.3 Å². The van der Waals surface area contributed by atoms with Crippen LogP contribution in [-0.2, 0) is 0 Å². The molecule has 2 rings (SSSR count). The van der Waals surface area contributed by atoms with Crippen LogP contribution in [0.2, 0.25) is 5.02 Å². The van der Waals surface area contributed by atoms with Crippen LogP contribution >= 0.6 is 11.6 Å². The molecule has 6 nitrogen and oxygen atoms in total. The maximum Gasteiger partial charge on any atom is 0.272 e. The SMILES string of the molecule is Cc1ccc(C(=O)NN=Cc2cccc([N+](=O)[O-])c2)c(Cl)c1. The van der Waals surface area contributed by atoms with Gasteiger partial charge in [-0.2, -0.15) is 5.10 Å². The first-order valence-corrected chi connectivity index (χ1v) is 6.69. The molecule has 0 saturated heterocycles. The molecular weight excluding hydrogens is 306 g/mol. The summed E-state index contributed by atoms with van der Waals surface area (Å²) in [6.45, 7) is 1.87. The maximum absolute atomic E-state index is 11.9. The zero-order valence-electron chi connectivity index (χ0n) is 11.6. The Kier molecular flexibility index (Phi) is 4.85. The van der Waals surface area contributed by atoms with Gasteiger partial charge in [-0.1, -0.05) is 29.8 Å². The molecular formula is C15H12ClN3O3. The minimum Gasteiger partial charge on any atom is -0.267 e. The third-order valence-corrected chi connectivity index (χ3v) is 3.14. The van der Waals surface area contributed by atoms with Crippen LogP contribution in [0.5, 0.6) is 0 Å². The minimum absolute atomic E-state index is 0.0446. The second kappa shape index (κ2) is 6.82. The molecule has 0 radical (unpaired) electrons. The Bertz CT molecular complexity index is 759. The van der Waals surface area contributed by atoms with E-state index in [0.29, 0.717) is 16.1 Å². The van der Waals surface area contributed by atoms with Gasteiger partial charge in [-0.15, -0.1) is 0 Å². The van der Waals surface area contributed by atoms with Crippen molar-refractivity contribution in [3.8, 4) is 0 Å². The summed E-state index contributed by atoms with van der Waals surface area (Å²) in [4.78, 5) is 22.1. The molecule has 0 aromatic heterocycles. The molecule has 22 heavy (non-hydrogen) atoms. The number of benzene rings is 2. The summed E-state index contributed by atoms with van der Waals surface area (Å²) in [7, 11) is 0. The van der Waals surface area contributed by atoms with Gasteiger partial charge in [0.25, 0.3) is 11.6 Å². The number of nitrogens with zero attached hydrogens (tertiary/aromatic N) is 2. The van der Waals surface area contributed by atoms with E-state index in [4.69, 9.17) is 11.6 Å². The van der Waals surface area contributed by atoms with E-state index in [9.17, 15) is 14.9 Å². The number of carbonyl (C=O) groups is 1. The van der Waals surface area contributed by atoms with Crippen molar-refractivity contribution in [3.63, 3.8) is 0 Å². The van der Waals surface area contributed by atoms with E-state index in [0.717, 1.165) is 5.56 Å². The van der Waals surface area contributed by atoms with Gasteiger partial charge in [0.2, 0.25) is 0 Å². The molecule has 0 aliphatic heterocycles. The molecule has 7 heteroatoms. The monoisotopic (exact) mass is 317 g/mol. The Morgan fingerprint density at radius 1 is 1.32 bits per heavy atom. The highest BCUT2D eigenvalue weighted by atomic mass is 35.5. The number of nitro groups is 1. The fourth-order valence-corrected chi connectivity index (χ4v) is 2.07. The maximum atomic E-state index is 11.9. The summed E-state index contributed by atoms with van der Waals surface area (Å²) < 4.78 is 0. The number of hydrazone groups is 1. The van der Waals surface area contributed by atoms with Crippen LogP contribution in [0, 0.1) is 17.0 Å². The average Bonchev–Trinajstić information content (AvgIpc) is 2.47.